The van der Waals surface area contributed by atoms with Crippen molar-refractivity contribution in [3.05, 3.63) is 53.5 Å². The van der Waals surface area contributed by atoms with Gasteiger partial charge in [0, 0.05) is 23.6 Å². The smallest absolute Gasteiger partial charge is 0.0645 e. The molecule has 0 amide bonds. The van der Waals surface area contributed by atoms with Gasteiger partial charge in [-0.2, -0.15) is 5.10 Å². The van der Waals surface area contributed by atoms with Gasteiger partial charge < -0.3 is 4.57 Å². The van der Waals surface area contributed by atoms with E-state index in [4.69, 9.17) is 0 Å². The zero-order valence-electron chi connectivity index (χ0n) is 12.4. The summed E-state index contributed by atoms with van der Waals surface area (Å²) in [6.07, 6.45) is 3.17. The molecule has 0 saturated heterocycles. The molecule has 0 aliphatic heterocycles. The van der Waals surface area contributed by atoms with Crippen LogP contribution in [0.5, 0.6) is 0 Å². The van der Waals surface area contributed by atoms with Crippen LogP contribution < -0.4 is 0 Å². The van der Waals surface area contributed by atoms with Crippen LogP contribution in [-0.4, -0.2) is 14.3 Å². The number of rotatable bonds is 4. The maximum absolute atomic E-state index is 4.63. The monoisotopic (exact) mass is 267 g/mol. The Hall–Kier alpha value is -2.03. The SMILES string of the molecule is CCc1cc(Cn2ccc3c(C)cccc32)n(CC)n1. The molecule has 104 valence electrons. The summed E-state index contributed by atoms with van der Waals surface area (Å²) >= 11 is 0. The van der Waals surface area contributed by atoms with Gasteiger partial charge >= 0.3 is 0 Å². The van der Waals surface area contributed by atoms with Crippen LogP contribution in [0.1, 0.15) is 30.8 Å². The molecule has 0 radical (unpaired) electrons. The van der Waals surface area contributed by atoms with Crippen LogP contribution in [-0.2, 0) is 19.5 Å². The Morgan fingerprint density at radius 1 is 1.15 bits per heavy atom. The van der Waals surface area contributed by atoms with Gasteiger partial charge in [-0.1, -0.05) is 19.1 Å². The molecule has 1 aromatic carbocycles. The van der Waals surface area contributed by atoms with E-state index in [-0.39, 0.29) is 0 Å². The summed E-state index contributed by atoms with van der Waals surface area (Å²) in [4.78, 5) is 0. The number of hydrogen-bond donors (Lipinski definition) is 0. The number of hydrogen-bond acceptors (Lipinski definition) is 1. The Labute approximate surface area is 119 Å². The highest BCUT2D eigenvalue weighted by molar-refractivity contribution is 5.83. The second-order valence-electron chi connectivity index (χ2n) is 5.25. The minimum Gasteiger partial charge on any atom is -0.341 e. The lowest BCUT2D eigenvalue weighted by Gasteiger charge is -2.08. The summed E-state index contributed by atoms with van der Waals surface area (Å²) in [7, 11) is 0. The molecular weight excluding hydrogens is 246 g/mol. The molecule has 2 aromatic heterocycles. The Bertz CT molecular complexity index is 734. The Morgan fingerprint density at radius 2 is 2.00 bits per heavy atom. The molecule has 0 N–H and O–H groups in total. The van der Waals surface area contributed by atoms with Gasteiger partial charge in [-0.15, -0.1) is 0 Å². The first-order valence-corrected chi connectivity index (χ1v) is 7.33. The lowest BCUT2D eigenvalue weighted by molar-refractivity contribution is 0.599. The first-order chi connectivity index (χ1) is 9.72. The maximum Gasteiger partial charge on any atom is 0.0645 e. The van der Waals surface area contributed by atoms with Crippen LogP contribution in [0, 0.1) is 6.92 Å². The van der Waals surface area contributed by atoms with E-state index in [1.165, 1.54) is 27.9 Å². The van der Waals surface area contributed by atoms with Crippen LogP contribution in [0.3, 0.4) is 0 Å². The van der Waals surface area contributed by atoms with Crippen molar-refractivity contribution in [1.82, 2.24) is 14.3 Å². The quantitative estimate of drug-likeness (QED) is 0.705. The van der Waals surface area contributed by atoms with Crippen LogP contribution in [0.15, 0.2) is 36.5 Å². The summed E-state index contributed by atoms with van der Waals surface area (Å²) in [6.45, 7) is 8.27. The van der Waals surface area contributed by atoms with Crippen molar-refractivity contribution in [3.8, 4) is 0 Å². The molecule has 0 aliphatic rings. The van der Waals surface area contributed by atoms with E-state index in [0.717, 1.165) is 19.5 Å². The average Bonchev–Trinajstić information content (AvgIpc) is 3.04. The van der Waals surface area contributed by atoms with Crippen molar-refractivity contribution in [1.29, 1.82) is 0 Å². The molecule has 3 rings (SSSR count). The summed E-state index contributed by atoms with van der Waals surface area (Å²) in [5, 5.41) is 5.97. The van der Waals surface area contributed by atoms with Crippen molar-refractivity contribution in [2.75, 3.05) is 0 Å². The highest BCUT2D eigenvalue weighted by Gasteiger charge is 2.08. The van der Waals surface area contributed by atoms with Crippen molar-refractivity contribution in [3.63, 3.8) is 0 Å². The fourth-order valence-corrected chi connectivity index (χ4v) is 2.78. The Morgan fingerprint density at radius 3 is 2.75 bits per heavy atom. The number of aromatic nitrogens is 3. The Kier molecular flexibility index (Phi) is 3.35. The average molecular weight is 267 g/mol. The van der Waals surface area contributed by atoms with Gasteiger partial charge in [0.1, 0.15) is 0 Å². The molecule has 0 unspecified atom stereocenters. The van der Waals surface area contributed by atoms with Gasteiger partial charge in [0.2, 0.25) is 0 Å². The number of benzene rings is 1. The lowest BCUT2D eigenvalue weighted by Crippen LogP contribution is -2.07. The fraction of sp³-hybridized carbons (Fsp3) is 0.353. The molecule has 0 saturated carbocycles. The van der Waals surface area contributed by atoms with Crippen molar-refractivity contribution in [2.24, 2.45) is 0 Å². The summed E-state index contributed by atoms with van der Waals surface area (Å²) < 4.78 is 4.42. The van der Waals surface area contributed by atoms with Crippen molar-refractivity contribution in [2.45, 2.75) is 40.3 Å². The Balaban J connectivity index is 2.01. The van der Waals surface area contributed by atoms with Gasteiger partial charge in [0.15, 0.2) is 0 Å². The van der Waals surface area contributed by atoms with E-state index in [9.17, 15) is 0 Å². The van der Waals surface area contributed by atoms with E-state index in [1.54, 1.807) is 0 Å². The van der Waals surface area contributed by atoms with Crippen LogP contribution in [0.4, 0.5) is 0 Å². The van der Waals surface area contributed by atoms with Crippen LogP contribution in [0.25, 0.3) is 10.9 Å². The molecule has 0 spiro atoms. The normalized spacial score (nSPS) is 11.3. The van der Waals surface area contributed by atoms with Crippen LogP contribution in [0.2, 0.25) is 0 Å². The van der Waals surface area contributed by atoms with Gasteiger partial charge in [0.05, 0.1) is 17.9 Å². The number of fused-ring (bicyclic) bond motifs is 1. The number of aryl methyl sites for hydroxylation is 3. The topological polar surface area (TPSA) is 22.8 Å². The third-order valence-electron chi connectivity index (χ3n) is 3.94. The molecule has 2 heterocycles. The molecule has 20 heavy (non-hydrogen) atoms. The van der Waals surface area contributed by atoms with E-state index in [1.807, 2.05) is 0 Å². The molecule has 0 fully saturated rings. The molecular formula is C17H21N3. The first-order valence-electron chi connectivity index (χ1n) is 7.33. The third-order valence-corrected chi connectivity index (χ3v) is 3.94. The van der Waals surface area contributed by atoms with Crippen LogP contribution >= 0.6 is 0 Å². The summed E-state index contributed by atoms with van der Waals surface area (Å²) in [5.74, 6) is 0. The highest BCUT2D eigenvalue weighted by atomic mass is 15.3. The van der Waals surface area contributed by atoms with Gasteiger partial charge in [-0.25, -0.2) is 0 Å². The number of nitrogens with zero attached hydrogens (tertiary/aromatic N) is 3. The molecule has 0 atom stereocenters. The van der Waals surface area contributed by atoms with E-state index in [0.29, 0.717) is 0 Å². The maximum atomic E-state index is 4.63. The second-order valence-corrected chi connectivity index (χ2v) is 5.25. The standard InChI is InChI=1S/C17H21N3/c1-4-14-11-15(20(5-2)18-14)12-19-10-9-16-13(3)7-6-8-17(16)19/h6-11H,4-5,12H2,1-3H3. The molecule has 3 aromatic rings. The molecule has 3 nitrogen and oxygen atoms in total. The molecule has 0 bridgehead atoms. The fourth-order valence-electron chi connectivity index (χ4n) is 2.78. The zero-order valence-corrected chi connectivity index (χ0v) is 12.4. The van der Waals surface area contributed by atoms with Gasteiger partial charge in [0.25, 0.3) is 0 Å². The largest absolute Gasteiger partial charge is 0.341 e. The molecule has 3 heteroatoms. The summed E-state index contributed by atoms with van der Waals surface area (Å²) in [6, 6.07) is 10.9. The van der Waals surface area contributed by atoms with E-state index in [2.05, 4.69) is 71.6 Å². The second kappa shape index (κ2) is 5.16. The van der Waals surface area contributed by atoms with E-state index >= 15 is 0 Å². The van der Waals surface area contributed by atoms with Gasteiger partial charge in [-0.3, -0.25) is 4.68 Å². The first kappa shape index (κ1) is 13.0. The zero-order chi connectivity index (χ0) is 14.1. The lowest BCUT2D eigenvalue weighted by atomic mass is 10.1. The third kappa shape index (κ3) is 2.13. The highest BCUT2D eigenvalue weighted by Crippen LogP contribution is 2.21. The van der Waals surface area contributed by atoms with Gasteiger partial charge in [-0.05, 0) is 44.0 Å². The predicted molar refractivity (Wildman–Crippen MR) is 83.1 cm³/mol. The predicted octanol–water partition coefficient (Wildman–Crippen LogP) is 3.78. The minimum absolute atomic E-state index is 0.883. The summed E-state index contributed by atoms with van der Waals surface area (Å²) in [5.41, 5.74) is 5.09. The van der Waals surface area contributed by atoms with Crippen molar-refractivity contribution < 1.29 is 0 Å². The minimum atomic E-state index is 0.883. The molecule has 0 aliphatic carbocycles. The van der Waals surface area contributed by atoms with Crippen molar-refractivity contribution >= 4 is 10.9 Å². The van der Waals surface area contributed by atoms with E-state index < -0.39 is 0 Å².